The van der Waals surface area contributed by atoms with Crippen LogP contribution in [0.1, 0.15) is 44.9 Å². The summed E-state index contributed by atoms with van der Waals surface area (Å²) in [6.45, 7) is 5.19. The average Bonchev–Trinajstić information content (AvgIpc) is 3.32. The van der Waals surface area contributed by atoms with E-state index in [2.05, 4.69) is 22.0 Å². The second-order valence-electron chi connectivity index (χ2n) is 6.77. The predicted octanol–water partition coefficient (Wildman–Crippen LogP) is 3.99. The number of H-pyrrole nitrogens is 1. The van der Waals surface area contributed by atoms with Crippen LogP contribution in [0, 0.1) is 10.1 Å². The van der Waals surface area contributed by atoms with E-state index in [1.165, 1.54) is 6.20 Å². The molecule has 0 aliphatic carbocycles. The van der Waals surface area contributed by atoms with E-state index in [0.717, 1.165) is 42.5 Å². The number of nitrogens with zero attached hydrogens (tertiary/aromatic N) is 4. The molecule has 1 unspecified atom stereocenters. The molecule has 9 heteroatoms. The van der Waals surface area contributed by atoms with E-state index in [1.807, 2.05) is 19.1 Å². The van der Waals surface area contributed by atoms with Gasteiger partial charge in [-0.2, -0.15) is 5.10 Å². The van der Waals surface area contributed by atoms with Crippen LogP contribution in [0.3, 0.4) is 0 Å². The van der Waals surface area contributed by atoms with Crippen LogP contribution in [-0.2, 0) is 11.2 Å². The lowest BCUT2D eigenvalue weighted by Crippen LogP contribution is -2.18. The standard InChI is InChI=1S/C19H23N5O4/c1-3-12-9-13-14(10-16(12)27-4-2)21-19(20-13)18-15(24(25)26)11-23(22-18)17-7-5-6-8-28-17/h9-11,17H,3-8H2,1-2H3,(H,20,21). The Morgan fingerprint density at radius 3 is 2.93 bits per heavy atom. The van der Waals surface area contributed by atoms with Gasteiger partial charge in [-0.15, -0.1) is 0 Å². The molecule has 4 rings (SSSR count). The molecule has 2 aromatic heterocycles. The van der Waals surface area contributed by atoms with Crippen molar-refractivity contribution in [3.63, 3.8) is 0 Å². The quantitative estimate of drug-likeness (QED) is 0.508. The molecule has 9 nitrogen and oxygen atoms in total. The van der Waals surface area contributed by atoms with Crippen LogP contribution in [0.2, 0.25) is 0 Å². The fraction of sp³-hybridized carbons (Fsp3) is 0.474. The first kappa shape index (κ1) is 18.4. The number of aromatic amines is 1. The minimum Gasteiger partial charge on any atom is -0.494 e. The van der Waals surface area contributed by atoms with Crippen molar-refractivity contribution in [2.75, 3.05) is 13.2 Å². The number of ether oxygens (including phenoxy) is 2. The number of hydrogen-bond acceptors (Lipinski definition) is 6. The summed E-state index contributed by atoms with van der Waals surface area (Å²) in [4.78, 5) is 18.9. The van der Waals surface area contributed by atoms with Gasteiger partial charge in [-0.3, -0.25) is 10.1 Å². The SMILES string of the molecule is CCOc1cc2nc(-c3nn(C4CCCCO4)cc3[N+](=O)[O-])[nH]c2cc1CC. The number of nitrogens with one attached hydrogen (secondary N) is 1. The van der Waals surface area contributed by atoms with Crippen molar-refractivity contribution < 1.29 is 14.4 Å². The molecule has 28 heavy (non-hydrogen) atoms. The maximum absolute atomic E-state index is 11.6. The average molecular weight is 385 g/mol. The molecule has 3 aromatic rings. The summed E-state index contributed by atoms with van der Waals surface area (Å²) >= 11 is 0. The molecule has 1 saturated heterocycles. The van der Waals surface area contributed by atoms with Gasteiger partial charge in [-0.1, -0.05) is 6.92 Å². The van der Waals surface area contributed by atoms with Crippen molar-refractivity contribution in [2.45, 2.75) is 45.8 Å². The number of imidazole rings is 1. The fourth-order valence-electron chi connectivity index (χ4n) is 3.52. The maximum atomic E-state index is 11.6. The van der Waals surface area contributed by atoms with Gasteiger partial charge in [-0.25, -0.2) is 9.67 Å². The van der Waals surface area contributed by atoms with E-state index in [-0.39, 0.29) is 17.6 Å². The van der Waals surface area contributed by atoms with Crippen LogP contribution in [0.5, 0.6) is 5.75 Å². The highest BCUT2D eigenvalue weighted by Crippen LogP contribution is 2.33. The molecule has 1 aliphatic rings. The van der Waals surface area contributed by atoms with Crippen LogP contribution in [-0.4, -0.2) is 37.9 Å². The lowest BCUT2D eigenvalue weighted by Gasteiger charge is -2.22. The maximum Gasteiger partial charge on any atom is 0.318 e. The molecule has 1 atom stereocenters. The number of benzene rings is 1. The third kappa shape index (κ3) is 3.33. The molecule has 3 heterocycles. The van der Waals surface area contributed by atoms with Gasteiger partial charge < -0.3 is 14.5 Å². The van der Waals surface area contributed by atoms with Gasteiger partial charge in [0.2, 0.25) is 5.69 Å². The molecule has 0 spiro atoms. The Kier molecular flexibility index (Phi) is 4.99. The second-order valence-corrected chi connectivity index (χ2v) is 6.77. The zero-order valence-electron chi connectivity index (χ0n) is 16.0. The second kappa shape index (κ2) is 7.59. The summed E-state index contributed by atoms with van der Waals surface area (Å²) in [6, 6.07) is 3.84. The Hall–Kier alpha value is -2.94. The number of aryl methyl sites for hydroxylation is 1. The minimum atomic E-state index is -0.433. The first-order valence-corrected chi connectivity index (χ1v) is 9.61. The van der Waals surface area contributed by atoms with Gasteiger partial charge in [-0.05, 0) is 44.2 Å². The Morgan fingerprint density at radius 2 is 2.25 bits per heavy atom. The van der Waals surface area contributed by atoms with Crippen molar-refractivity contribution in [3.8, 4) is 17.3 Å². The summed E-state index contributed by atoms with van der Waals surface area (Å²) in [5, 5.41) is 16.0. The fourth-order valence-corrected chi connectivity index (χ4v) is 3.52. The molecule has 0 radical (unpaired) electrons. The van der Waals surface area contributed by atoms with Crippen molar-refractivity contribution in [2.24, 2.45) is 0 Å². The molecule has 1 aromatic carbocycles. The molecule has 0 saturated carbocycles. The number of nitro groups is 1. The molecule has 148 valence electrons. The smallest absolute Gasteiger partial charge is 0.318 e. The lowest BCUT2D eigenvalue weighted by molar-refractivity contribution is -0.384. The first-order chi connectivity index (χ1) is 13.6. The number of aromatic nitrogens is 4. The van der Waals surface area contributed by atoms with Crippen molar-refractivity contribution in [1.29, 1.82) is 0 Å². The van der Waals surface area contributed by atoms with Crippen molar-refractivity contribution in [1.82, 2.24) is 19.7 Å². The zero-order valence-corrected chi connectivity index (χ0v) is 16.0. The van der Waals surface area contributed by atoms with Crippen LogP contribution >= 0.6 is 0 Å². The Morgan fingerprint density at radius 1 is 1.39 bits per heavy atom. The summed E-state index contributed by atoms with van der Waals surface area (Å²) in [5.74, 6) is 1.15. The normalized spacial score (nSPS) is 17.1. The molecule has 1 aliphatic heterocycles. The van der Waals surface area contributed by atoms with Gasteiger partial charge >= 0.3 is 5.69 Å². The Bertz CT molecular complexity index is 1000. The van der Waals surface area contributed by atoms with Crippen LogP contribution < -0.4 is 4.74 Å². The highest BCUT2D eigenvalue weighted by atomic mass is 16.6. The van der Waals surface area contributed by atoms with E-state index >= 15 is 0 Å². The van der Waals surface area contributed by atoms with Crippen molar-refractivity contribution >= 4 is 16.7 Å². The predicted molar refractivity (Wildman–Crippen MR) is 103 cm³/mol. The third-order valence-electron chi connectivity index (χ3n) is 4.93. The van der Waals surface area contributed by atoms with Crippen LogP contribution in [0.15, 0.2) is 18.3 Å². The van der Waals surface area contributed by atoms with Gasteiger partial charge in [0.05, 0.1) is 22.6 Å². The van der Waals surface area contributed by atoms with Crippen molar-refractivity contribution in [3.05, 3.63) is 34.0 Å². The highest BCUT2D eigenvalue weighted by Gasteiger charge is 2.27. The molecule has 0 amide bonds. The Labute approximate surface area is 161 Å². The summed E-state index contributed by atoms with van der Waals surface area (Å²) in [7, 11) is 0. The van der Waals surface area contributed by atoms with Gasteiger partial charge in [0.15, 0.2) is 5.82 Å². The lowest BCUT2D eigenvalue weighted by atomic mass is 10.1. The highest BCUT2D eigenvalue weighted by molar-refractivity contribution is 5.82. The van der Waals surface area contributed by atoms with E-state index in [9.17, 15) is 10.1 Å². The topological polar surface area (TPSA) is 108 Å². The van der Waals surface area contributed by atoms with E-state index < -0.39 is 4.92 Å². The summed E-state index contributed by atoms with van der Waals surface area (Å²) in [6.07, 6.45) is 4.77. The van der Waals surface area contributed by atoms with Gasteiger partial charge in [0, 0.05) is 12.7 Å². The monoisotopic (exact) mass is 385 g/mol. The first-order valence-electron chi connectivity index (χ1n) is 9.61. The molecular formula is C19H23N5O4. The molecule has 1 fully saturated rings. The van der Waals surface area contributed by atoms with E-state index in [1.54, 1.807) is 4.68 Å². The Balaban J connectivity index is 1.78. The number of fused-ring (bicyclic) bond motifs is 1. The summed E-state index contributed by atoms with van der Waals surface area (Å²) in [5.41, 5.74) is 2.67. The molecule has 0 bridgehead atoms. The van der Waals surface area contributed by atoms with E-state index in [0.29, 0.717) is 24.6 Å². The van der Waals surface area contributed by atoms with Gasteiger partial charge in [0.1, 0.15) is 18.2 Å². The largest absolute Gasteiger partial charge is 0.494 e. The molecule has 1 N–H and O–H groups in total. The number of hydrogen-bond donors (Lipinski definition) is 1. The van der Waals surface area contributed by atoms with E-state index in [4.69, 9.17) is 9.47 Å². The zero-order chi connectivity index (χ0) is 19.7. The minimum absolute atomic E-state index is 0.0889. The molecular weight excluding hydrogens is 362 g/mol. The van der Waals surface area contributed by atoms with Crippen LogP contribution in [0.25, 0.3) is 22.6 Å². The summed E-state index contributed by atoms with van der Waals surface area (Å²) < 4.78 is 13.0. The van der Waals surface area contributed by atoms with Gasteiger partial charge in [0.25, 0.3) is 0 Å². The van der Waals surface area contributed by atoms with Crippen LogP contribution in [0.4, 0.5) is 5.69 Å². The number of rotatable bonds is 6. The third-order valence-corrected chi connectivity index (χ3v) is 4.93.